The first-order valence-electron chi connectivity index (χ1n) is 5.55. The molecule has 0 saturated heterocycles. The Morgan fingerprint density at radius 3 is 1.96 bits per heavy atom. The molecule has 1 heterocycles. The van der Waals surface area contributed by atoms with Gasteiger partial charge in [0.1, 0.15) is 22.7 Å². The van der Waals surface area contributed by atoms with Gasteiger partial charge in [-0.2, -0.15) is 0 Å². The molecular weight excluding hydrogens is 320 g/mol. The number of aromatic amines is 1. The Bertz CT molecular complexity index is 1010. The fourth-order valence-corrected chi connectivity index (χ4v) is 1.93. The van der Waals surface area contributed by atoms with Crippen molar-refractivity contribution in [2.45, 2.75) is 0 Å². The van der Waals surface area contributed by atoms with E-state index in [1.165, 1.54) is 0 Å². The maximum absolute atomic E-state index is 11.5. The van der Waals surface area contributed by atoms with E-state index in [0.29, 0.717) is 0 Å². The molecule has 0 aliphatic rings. The summed E-state index contributed by atoms with van der Waals surface area (Å²) in [5.74, 6) is -1.18. The number of nitrogens with one attached hydrogen (secondary N) is 1. The van der Waals surface area contributed by atoms with Gasteiger partial charge in [-0.05, 0) is 0 Å². The molecule has 0 unspecified atom stereocenters. The molecule has 0 spiro atoms. The predicted molar refractivity (Wildman–Crippen MR) is 72.5 cm³/mol. The van der Waals surface area contributed by atoms with Crippen LogP contribution in [-0.4, -0.2) is 24.9 Å². The normalized spacial score (nSPS) is 10.4. The number of benzene rings is 1. The Labute approximate surface area is 122 Å². The Hall–Kier alpha value is -3.90. The summed E-state index contributed by atoms with van der Waals surface area (Å²) in [5.41, 5.74) is -7.27. The lowest BCUT2D eigenvalue weighted by atomic mass is 10.1. The number of fused-ring (bicyclic) bond motifs is 1. The summed E-state index contributed by atoms with van der Waals surface area (Å²) in [7, 11) is 0. The first-order valence-corrected chi connectivity index (χ1v) is 5.55. The minimum Gasteiger partial charge on any atom is -0.507 e. The molecule has 0 saturated carbocycles. The SMILES string of the molecule is O=c1cc(O)c2c([N+](=O)[O-])c([N+](=O)[O-])cc([N+](=O)[O-])c2[nH]c1=O. The molecule has 0 amide bonds. The van der Waals surface area contributed by atoms with E-state index in [1.54, 1.807) is 4.98 Å². The van der Waals surface area contributed by atoms with Gasteiger partial charge >= 0.3 is 17.1 Å². The van der Waals surface area contributed by atoms with Crippen LogP contribution >= 0.6 is 0 Å². The topological polar surface area (TPSA) is 200 Å². The average Bonchev–Trinajstić information content (AvgIpc) is 2.54. The first kappa shape index (κ1) is 15.5. The van der Waals surface area contributed by atoms with Crippen molar-refractivity contribution in [3.8, 4) is 5.75 Å². The van der Waals surface area contributed by atoms with Crippen LogP contribution < -0.4 is 11.0 Å². The predicted octanol–water partition coefficient (Wildman–Crippen LogP) is 0.318. The molecule has 13 heteroatoms. The van der Waals surface area contributed by atoms with E-state index < -0.39 is 59.5 Å². The van der Waals surface area contributed by atoms with E-state index >= 15 is 0 Å². The third kappa shape index (κ3) is 2.41. The summed E-state index contributed by atoms with van der Waals surface area (Å²) in [4.78, 5) is 53.9. The second-order valence-corrected chi connectivity index (χ2v) is 4.13. The maximum Gasteiger partial charge on any atom is 0.359 e. The van der Waals surface area contributed by atoms with E-state index in [1.807, 2.05) is 0 Å². The molecule has 0 bridgehead atoms. The van der Waals surface area contributed by atoms with E-state index in [9.17, 15) is 45.0 Å². The van der Waals surface area contributed by atoms with Gasteiger partial charge in [0.25, 0.3) is 5.56 Å². The second kappa shape index (κ2) is 5.14. The number of nitro groups is 3. The van der Waals surface area contributed by atoms with Crippen molar-refractivity contribution in [2.24, 2.45) is 0 Å². The number of nitro benzene ring substituents is 3. The Morgan fingerprint density at radius 2 is 1.48 bits per heavy atom. The van der Waals surface area contributed by atoms with Crippen LogP contribution in [0.3, 0.4) is 0 Å². The minimum atomic E-state index is -1.40. The van der Waals surface area contributed by atoms with Crippen molar-refractivity contribution in [3.63, 3.8) is 0 Å². The number of aromatic nitrogens is 1. The van der Waals surface area contributed by atoms with Gasteiger partial charge in [-0.15, -0.1) is 0 Å². The molecular formula is C10H4N4O9. The highest BCUT2D eigenvalue weighted by atomic mass is 16.6. The highest BCUT2D eigenvalue weighted by Crippen LogP contribution is 2.42. The van der Waals surface area contributed by atoms with E-state index in [-0.39, 0.29) is 12.1 Å². The zero-order valence-electron chi connectivity index (χ0n) is 10.7. The van der Waals surface area contributed by atoms with Gasteiger partial charge in [0.05, 0.1) is 14.8 Å². The largest absolute Gasteiger partial charge is 0.507 e. The molecule has 2 N–H and O–H groups in total. The maximum atomic E-state index is 11.5. The molecule has 1 aromatic heterocycles. The summed E-state index contributed by atoms with van der Waals surface area (Å²) < 4.78 is 0. The van der Waals surface area contributed by atoms with Gasteiger partial charge < -0.3 is 10.1 Å². The van der Waals surface area contributed by atoms with Crippen LogP contribution in [0.15, 0.2) is 21.7 Å². The van der Waals surface area contributed by atoms with Gasteiger partial charge in [0.15, 0.2) is 0 Å². The van der Waals surface area contributed by atoms with Crippen molar-refractivity contribution in [2.75, 3.05) is 0 Å². The second-order valence-electron chi connectivity index (χ2n) is 4.13. The summed E-state index contributed by atoms with van der Waals surface area (Å²) in [6.07, 6.45) is 0. The number of aromatic hydroxyl groups is 1. The molecule has 2 aromatic rings. The van der Waals surface area contributed by atoms with Crippen molar-refractivity contribution >= 4 is 28.0 Å². The standard InChI is InChI=1S/C10H4N4O9/c15-5-2-6(16)10(17)11-8-3(12(18)19)1-4(13(20)21)9(7(5)8)14(22)23/h1-2,15H,(H,11,16,17). The van der Waals surface area contributed by atoms with Crippen LogP contribution in [0.2, 0.25) is 0 Å². The number of rotatable bonds is 3. The third-order valence-electron chi connectivity index (χ3n) is 2.82. The minimum absolute atomic E-state index is 0.264. The summed E-state index contributed by atoms with van der Waals surface area (Å²) in [6.45, 7) is 0. The van der Waals surface area contributed by atoms with Gasteiger partial charge in [-0.1, -0.05) is 0 Å². The van der Waals surface area contributed by atoms with Crippen molar-refractivity contribution in [3.05, 3.63) is 63.1 Å². The van der Waals surface area contributed by atoms with Gasteiger partial charge in [0.2, 0.25) is 5.43 Å². The fraction of sp³-hybridized carbons (Fsp3) is 0. The monoisotopic (exact) mass is 324 g/mol. The first-order chi connectivity index (χ1) is 10.6. The highest BCUT2D eigenvalue weighted by Gasteiger charge is 2.35. The van der Waals surface area contributed by atoms with Crippen LogP contribution in [0.25, 0.3) is 10.9 Å². The van der Waals surface area contributed by atoms with Crippen molar-refractivity contribution in [1.82, 2.24) is 4.98 Å². The van der Waals surface area contributed by atoms with Crippen LogP contribution in [0.5, 0.6) is 5.75 Å². The van der Waals surface area contributed by atoms with Gasteiger partial charge in [0, 0.05) is 6.07 Å². The third-order valence-corrected chi connectivity index (χ3v) is 2.82. The summed E-state index contributed by atoms with van der Waals surface area (Å²) >= 11 is 0. The van der Waals surface area contributed by atoms with Gasteiger partial charge in [-0.25, -0.2) is 0 Å². The summed E-state index contributed by atoms with van der Waals surface area (Å²) in [6, 6.07) is 0.544. The Morgan fingerprint density at radius 1 is 0.913 bits per heavy atom. The molecule has 0 fully saturated rings. The average molecular weight is 324 g/mol. The Balaban J connectivity index is 3.34. The lowest BCUT2D eigenvalue weighted by molar-refractivity contribution is -0.423. The zero-order valence-corrected chi connectivity index (χ0v) is 10.7. The number of hydrogen-bond acceptors (Lipinski definition) is 9. The number of nitrogens with zero attached hydrogens (tertiary/aromatic N) is 3. The number of H-pyrrole nitrogens is 1. The number of hydrogen-bond donors (Lipinski definition) is 2. The summed E-state index contributed by atoms with van der Waals surface area (Å²) in [5, 5.41) is 41.8. The quantitative estimate of drug-likeness (QED) is 0.453. The van der Waals surface area contributed by atoms with Crippen LogP contribution in [0.1, 0.15) is 0 Å². The molecule has 1 aromatic carbocycles. The lowest BCUT2D eigenvalue weighted by Crippen LogP contribution is -2.22. The van der Waals surface area contributed by atoms with Gasteiger partial charge in [-0.3, -0.25) is 39.9 Å². The molecule has 13 nitrogen and oxygen atoms in total. The molecule has 0 aliphatic carbocycles. The van der Waals surface area contributed by atoms with Crippen LogP contribution in [0.4, 0.5) is 17.1 Å². The van der Waals surface area contributed by atoms with E-state index in [0.717, 1.165) is 0 Å². The Kier molecular flexibility index (Phi) is 3.46. The molecule has 0 aliphatic heterocycles. The molecule has 0 atom stereocenters. The molecule has 118 valence electrons. The number of non-ortho nitro benzene ring substituents is 1. The molecule has 23 heavy (non-hydrogen) atoms. The zero-order chi connectivity index (χ0) is 17.5. The molecule has 0 radical (unpaired) electrons. The van der Waals surface area contributed by atoms with Crippen LogP contribution in [-0.2, 0) is 0 Å². The van der Waals surface area contributed by atoms with E-state index in [4.69, 9.17) is 0 Å². The van der Waals surface area contributed by atoms with Crippen molar-refractivity contribution < 1.29 is 19.9 Å². The van der Waals surface area contributed by atoms with Crippen LogP contribution in [0, 0.1) is 30.3 Å². The highest BCUT2D eigenvalue weighted by molar-refractivity contribution is 6.01. The fourth-order valence-electron chi connectivity index (χ4n) is 1.93. The smallest absolute Gasteiger partial charge is 0.359 e. The van der Waals surface area contributed by atoms with E-state index in [2.05, 4.69) is 0 Å². The lowest BCUT2D eigenvalue weighted by Gasteiger charge is -2.01. The van der Waals surface area contributed by atoms with Crippen molar-refractivity contribution in [1.29, 1.82) is 0 Å². The molecule has 2 rings (SSSR count).